The minimum absolute atomic E-state index is 0. The van der Waals surface area contributed by atoms with Crippen molar-refractivity contribution in [1.29, 1.82) is 0 Å². The maximum Gasteiger partial charge on any atom is 0.120 e. The second-order valence-corrected chi connectivity index (χ2v) is 4.37. The van der Waals surface area contributed by atoms with E-state index in [1.54, 1.807) is 0 Å². The van der Waals surface area contributed by atoms with Crippen LogP contribution in [0.15, 0.2) is 24.3 Å². The summed E-state index contributed by atoms with van der Waals surface area (Å²) in [6.45, 7) is 4.07. The van der Waals surface area contributed by atoms with Gasteiger partial charge in [0, 0.05) is 18.0 Å². The molecule has 1 atom stereocenters. The van der Waals surface area contributed by atoms with E-state index in [9.17, 15) is 0 Å². The molecule has 1 aromatic carbocycles. The summed E-state index contributed by atoms with van der Waals surface area (Å²) < 4.78 is 5.90. The number of hydrogen-bond donors (Lipinski definition) is 1. The maximum absolute atomic E-state index is 5.90. The van der Waals surface area contributed by atoms with Crippen molar-refractivity contribution in [2.45, 2.75) is 18.9 Å². The Morgan fingerprint density at radius 3 is 2.53 bits per heavy atom. The average molecular weight is 248 g/mol. The fourth-order valence-electron chi connectivity index (χ4n) is 1.67. The first-order valence-corrected chi connectivity index (χ1v) is 5.21. The predicted octanol–water partition coefficient (Wildman–Crippen LogP) is 2.89. The fourth-order valence-corrected chi connectivity index (χ4v) is 1.79. The van der Waals surface area contributed by atoms with Crippen molar-refractivity contribution >= 4 is 24.0 Å². The van der Waals surface area contributed by atoms with E-state index in [1.807, 2.05) is 24.3 Å². The van der Waals surface area contributed by atoms with Crippen LogP contribution in [0.2, 0.25) is 5.02 Å². The lowest BCUT2D eigenvalue weighted by Crippen LogP contribution is -2.34. The molecule has 0 amide bonds. The quantitative estimate of drug-likeness (QED) is 0.868. The van der Waals surface area contributed by atoms with Crippen LogP contribution in [0.5, 0.6) is 5.75 Å². The van der Waals surface area contributed by atoms with Crippen molar-refractivity contribution < 1.29 is 4.74 Å². The molecule has 2 nitrogen and oxygen atoms in total. The van der Waals surface area contributed by atoms with E-state index < -0.39 is 0 Å². The molecule has 1 fully saturated rings. The van der Waals surface area contributed by atoms with Crippen molar-refractivity contribution in [3.05, 3.63) is 29.3 Å². The zero-order valence-electron chi connectivity index (χ0n) is 8.63. The molecule has 2 rings (SSSR count). The van der Waals surface area contributed by atoms with E-state index in [-0.39, 0.29) is 18.0 Å². The van der Waals surface area contributed by atoms with Crippen LogP contribution in [0.1, 0.15) is 13.3 Å². The molecule has 1 aliphatic rings. The van der Waals surface area contributed by atoms with Crippen LogP contribution in [-0.2, 0) is 0 Å². The lowest BCUT2D eigenvalue weighted by Gasteiger charge is -2.24. The van der Waals surface area contributed by atoms with E-state index in [1.165, 1.54) is 0 Å². The molecule has 1 aliphatic heterocycles. The molecule has 0 bridgehead atoms. The molecular weight excluding hydrogens is 233 g/mol. The first kappa shape index (κ1) is 12.6. The molecule has 15 heavy (non-hydrogen) atoms. The van der Waals surface area contributed by atoms with Gasteiger partial charge in [-0.3, -0.25) is 0 Å². The number of benzene rings is 1. The molecule has 0 aliphatic carbocycles. The Labute approximate surface area is 101 Å². The summed E-state index contributed by atoms with van der Waals surface area (Å²) in [5, 5.41) is 4.04. The van der Waals surface area contributed by atoms with Crippen molar-refractivity contribution in [2.24, 2.45) is 0 Å². The van der Waals surface area contributed by atoms with Crippen LogP contribution >= 0.6 is 24.0 Å². The van der Waals surface area contributed by atoms with Crippen molar-refractivity contribution in [3.63, 3.8) is 0 Å². The van der Waals surface area contributed by atoms with Gasteiger partial charge in [-0.15, -0.1) is 12.4 Å². The van der Waals surface area contributed by atoms with Gasteiger partial charge in [-0.1, -0.05) is 11.6 Å². The summed E-state index contributed by atoms with van der Waals surface area (Å²) in [6, 6.07) is 7.52. The van der Waals surface area contributed by atoms with Gasteiger partial charge >= 0.3 is 0 Å². The molecule has 1 heterocycles. The molecular formula is C11H15Cl2NO. The number of hydrogen-bond acceptors (Lipinski definition) is 2. The van der Waals surface area contributed by atoms with Gasteiger partial charge in [0.25, 0.3) is 0 Å². The van der Waals surface area contributed by atoms with Crippen molar-refractivity contribution in [2.75, 3.05) is 13.1 Å². The van der Waals surface area contributed by atoms with Crippen LogP contribution in [0, 0.1) is 0 Å². The van der Waals surface area contributed by atoms with Crippen molar-refractivity contribution in [3.8, 4) is 5.75 Å². The standard InChI is InChI=1S/C11H14ClNO.ClH/c1-11(6-7-13-8-11)14-10-4-2-9(12)3-5-10;/h2-5,13H,6-8H2,1H3;1H. The van der Waals surface area contributed by atoms with Gasteiger partial charge in [0.15, 0.2) is 0 Å². The van der Waals surface area contributed by atoms with Crippen molar-refractivity contribution in [1.82, 2.24) is 5.32 Å². The summed E-state index contributed by atoms with van der Waals surface area (Å²) in [7, 11) is 0. The van der Waals surface area contributed by atoms with Crippen LogP contribution in [0.25, 0.3) is 0 Å². The van der Waals surface area contributed by atoms with E-state index in [0.717, 1.165) is 30.3 Å². The Balaban J connectivity index is 0.00000112. The predicted molar refractivity (Wildman–Crippen MR) is 65.2 cm³/mol. The highest BCUT2D eigenvalue weighted by atomic mass is 35.5. The maximum atomic E-state index is 5.90. The first-order chi connectivity index (χ1) is 6.68. The Kier molecular flexibility index (Phi) is 4.26. The number of ether oxygens (including phenoxy) is 1. The monoisotopic (exact) mass is 247 g/mol. The van der Waals surface area contributed by atoms with E-state index in [0.29, 0.717) is 0 Å². The summed E-state index contributed by atoms with van der Waals surface area (Å²) in [5.41, 5.74) is -0.0617. The van der Waals surface area contributed by atoms with Gasteiger partial charge in [-0.05, 0) is 37.7 Å². The van der Waals surface area contributed by atoms with Crippen LogP contribution in [0.3, 0.4) is 0 Å². The Bertz CT molecular complexity index is 307. The Morgan fingerprint density at radius 1 is 1.33 bits per heavy atom. The van der Waals surface area contributed by atoms with E-state index in [4.69, 9.17) is 16.3 Å². The lowest BCUT2D eigenvalue weighted by atomic mass is 10.1. The number of rotatable bonds is 2. The van der Waals surface area contributed by atoms with E-state index in [2.05, 4.69) is 12.2 Å². The van der Waals surface area contributed by atoms with Gasteiger partial charge in [0.05, 0.1) is 0 Å². The highest BCUT2D eigenvalue weighted by molar-refractivity contribution is 6.30. The van der Waals surface area contributed by atoms with Gasteiger partial charge in [0.2, 0.25) is 0 Å². The number of halogens is 2. The van der Waals surface area contributed by atoms with Crippen LogP contribution in [0.4, 0.5) is 0 Å². The second kappa shape index (κ2) is 5.06. The largest absolute Gasteiger partial charge is 0.486 e. The fraction of sp³-hybridized carbons (Fsp3) is 0.455. The third-order valence-corrected chi connectivity index (χ3v) is 2.76. The third-order valence-electron chi connectivity index (χ3n) is 2.51. The smallest absolute Gasteiger partial charge is 0.120 e. The average Bonchev–Trinajstić information content (AvgIpc) is 2.57. The molecule has 1 N–H and O–H groups in total. The summed E-state index contributed by atoms with van der Waals surface area (Å²) in [4.78, 5) is 0. The molecule has 0 spiro atoms. The first-order valence-electron chi connectivity index (χ1n) is 4.83. The zero-order chi connectivity index (χ0) is 10.0. The summed E-state index contributed by atoms with van der Waals surface area (Å²) in [6.07, 6.45) is 1.05. The van der Waals surface area contributed by atoms with E-state index >= 15 is 0 Å². The van der Waals surface area contributed by atoms with Crippen LogP contribution < -0.4 is 10.1 Å². The van der Waals surface area contributed by atoms with Gasteiger partial charge in [0.1, 0.15) is 11.4 Å². The van der Waals surface area contributed by atoms with Crippen LogP contribution in [-0.4, -0.2) is 18.7 Å². The zero-order valence-corrected chi connectivity index (χ0v) is 10.2. The number of nitrogens with one attached hydrogen (secondary N) is 1. The third kappa shape index (κ3) is 3.26. The minimum atomic E-state index is -0.0617. The molecule has 1 aromatic rings. The van der Waals surface area contributed by atoms with Gasteiger partial charge < -0.3 is 10.1 Å². The molecule has 0 aromatic heterocycles. The molecule has 4 heteroatoms. The minimum Gasteiger partial charge on any atom is -0.486 e. The molecule has 1 saturated heterocycles. The SMILES string of the molecule is CC1(Oc2ccc(Cl)cc2)CCNC1.Cl. The second-order valence-electron chi connectivity index (χ2n) is 3.93. The van der Waals surface area contributed by atoms with Gasteiger partial charge in [-0.25, -0.2) is 0 Å². The topological polar surface area (TPSA) is 21.3 Å². The normalized spacial score (nSPS) is 24.7. The Morgan fingerprint density at radius 2 is 2.00 bits per heavy atom. The molecule has 0 radical (unpaired) electrons. The highest BCUT2D eigenvalue weighted by Crippen LogP contribution is 2.24. The summed E-state index contributed by atoms with van der Waals surface area (Å²) in [5.74, 6) is 0.889. The Hall–Kier alpha value is -0.440. The molecule has 0 saturated carbocycles. The summed E-state index contributed by atoms with van der Waals surface area (Å²) >= 11 is 5.80. The lowest BCUT2D eigenvalue weighted by molar-refractivity contribution is 0.111. The molecule has 84 valence electrons. The highest BCUT2D eigenvalue weighted by Gasteiger charge is 2.30. The molecule has 1 unspecified atom stereocenters. The van der Waals surface area contributed by atoms with Gasteiger partial charge in [-0.2, -0.15) is 0 Å².